The summed E-state index contributed by atoms with van der Waals surface area (Å²) in [5.74, 6) is 0.517. The number of aromatic nitrogens is 2. The number of fused-ring (bicyclic) bond motifs is 1. The maximum atomic E-state index is 13.3. The van der Waals surface area contributed by atoms with Crippen LogP contribution in [0.4, 0.5) is 5.69 Å². The van der Waals surface area contributed by atoms with Crippen LogP contribution in [-0.4, -0.2) is 29.8 Å². The van der Waals surface area contributed by atoms with Crippen molar-refractivity contribution in [1.82, 2.24) is 9.97 Å². The van der Waals surface area contributed by atoms with Gasteiger partial charge in [0.2, 0.25) is 0 Å². The van der Waals surface area contributed by atoms with Crippen LogP contribution in [0.2, 0.25) is 0 Å². The second kappa shape index (κ2) is 7.53. The SMILES string of the molecule is CN(C)c1ccc(C=C(C(=O)c2ccccc2)c2nc3ccccc3[nH]2)cc1. The number of anilines is 1. The van der Waals surface area contributed by atoms with E-state index in [1.165, 1.54) is 0 Å². The van der Waals surface area contributed by atoms with Gasteiger partial charge in [-0.05, 0) is 35.9 Å². The van der Waals surface area contributed by atoms with Crippen molar-refractivity contribution in [2.24, 2.45) is 0 Å². The van der Waals surface area contributed by atoms with Gasteiger partial charge in [-0.2, -0.15) is 0 Å². The van der Waals surface area contributed by atoms with Gasteiger partial charge in [0, 0.05) is 25.3 Å². The van der Waals surface area contributed by atoms with Crippen LogP contribution < -0.4 is 4.90 Å². The van der Waals surface area contributed by atoms with Crippen molar-refractivity contribution >= 4 is 34.2 Å². The monoisotopic (exact) mass is 367 g/mol. The van der Waals surface area contributed by atoms with Crippen molar-refractivity contribution in [3.05, 3.63) is 95.8 Å². The molecule has 4 aromatic rings. The highest BCUT2D eigenvalue weighted by atomic mass is 16.1. The molecule has 1 N–H and O–H groups in total. The first-order valence-electron chi connectivity index (χ1n) is 9.16. The molecule has 0 bridgehead atoms. The number of H-pyrrole nitrogens is 1. The van der Waals surface area contributed by atoms with Crippen LogP contribution in [0.5, 0.6) is 0 Å². The number of ketones is 1. The van der Waals surface area contributed by atoms with Gasteiger partial charge in [-0.3, -0.25) is 4.79 Å². The fourth-order valence-electron chi connectivity index (χ4n) is 3.10. The number of carbonyl (C=O) groups is 1. The Kier molecular flexibility index (Phi) is 4.77. The molecule has 0 amide bonds. The molecule has 4 heteroatoms. The number of aromatic amines is 1. The van der Waals surface area contributed by atoms with Crippen LogP contribution >= 0.6 is 0 Å². The molecule has 0 atom stereocenters. The van der Waals surface area contributed by atoms with Crippen LogP contribution in [-0.2, 0) is 0 Å². The van der Waals surface area contributed by atoms with Crippen molar-refractivity contribution in [2.45, 2.75) is 0 Å². The molecule has 0 saturated carbocycles. The summed E-state index contributed by atoms with van der Waals surface area (Å²) in [4.78, 5) is 23.2. The van der Waals surface area contributed by atoms with Crippen LogP contribution in [0.15, 0.2) is 78.9 Å². The number of para-hydroxylation sites is 2. The highest BCUT2D eigenvalue weighted by Crippen LogP contribution is 2.24. The van der Waals surface area contributed by atoms with E-state index in [1.54, 1.807) is 0 Å². The van der Waals surface area contributed by atoms with Crippen molar-refractivity contribution in [3.8, 4) is 0 Å². The summed E-state index contributed by atoms with van der Waals surface area (Å²) in [5.41, 5.74) is 4.99. The van der Waals surface area contributed by atoms with E-state index in [1.807, 2.05) is 104 Å². The predicted molar refractivity (Wildman–Crippen MR) is 116 cm³/mol. The standard InChI is InChI=1S/C24H21N3O/c1-27(2)19-14-12-17(13-15-19)16-20(23(28)18-8-4-3-5-9-18)24-25-21-10-6-7-11-22(21)26-24/h3-16H,1-2H3,(H,25,26). The second-order valence-electron chi connectivity index (χ2n) is 6.84. The van der Waals surface area contributed by atoms with Gasteiger partial charge in [0.05, 0.1) is 16.6 Å². The number of Topliss-reactive ketones (excluding diaryl/α,β-unsaturated/α-hetero) is 1. The lowest BCUT2D eigenvalue weighted by molar-refractivity contribution is 0.105. The summed E-state index contributed by atoms with van der Waals surface area (Å²) in [6, 6.07) is 25.2. The number of hydrogen-bond acceptors (Lipinski definition) is 3. The maximum Gasteiger partial charge on any atom is 0.196 e. The van der Waals surface area contributed by atoms with Crippen LogP contribution in [0.3, 0.4) is 0 Å². The highest BCUT2D eigenvalue weighted by molar-refractivity contribution is 6.31. The molecule has 1 heterocycles. The normalized spacial score (nSPS) is 11.6. The first-order chi connectivity index (χ1) is 13.6. The third-order valence-corrected chi connectivity index (χ3v) is 4.65. The third-order valence-electron chi connectivity index (χ3n) is 4.65. The number of allylic oxidation sites excluding steroid dienone is 1. The summed E-state index contributed by atoms with van der Waals surface area (Å²) in [6.07, 6.45) is 1.90. The quantitative estimate of drug-likeness (QED) is 0.396. The Morgan fingerprint density at radius 1 is 0.893 bits per heavy atom. The van der Waals surface area contributed by atoms with Crippen LogP contribution in [0, 0.1) is 0 Å². The minimum atomic E-state index is -0.0589. The molecule has 138 valence electrons. The minimum Gasteiger partial charge on any atom is -0.378 e. The molecule has 0 saturated heterocycles. The Labute approximate surface area is 164 Å². The van der Waals surface area contributed by atoms with Gasteiger partial charge in [0.25, 0.3) is 0 Å². The Balaban J connectivity index is 1.82. The average molecular weight is 367 g/mol. The Bertz CT molecular complexity index is 1110. The van der Waals surface area contributed by atoms with Crippen molar-refractivity contribution in [3.63, 3.8) is 0 Å². The highest BCUT2D eigenvalue weighted by Gasteiger charge is 2.18. The Hall–Kier alpha value is -3.66. The molecule has 0 unspecified atom stereocenters. The van der Waals surface area contributed by atoms with E-state index in [0.29, 0.717) is 17.0 Å². The fraction of sp³-hybridized carbons (Fsp3) is 0.0833. The van der Waals surface area contributed by atoms with Gasteiger partial charge in [-0.25, -0.2) is 4.98 Å². The number of carbonyl (C=O) groups excluding carboxylic acids is 1. The Morgan fingerprint density at radius 3 is 2.25 bits per heavy atom. The van der Waals surface area contributed by atoms with Crippen molar-refractivity contribution in [1.29, 1.82) is 0 Å². The van der Waals surface area contributed by atoms with Gasteiger partial charge in [-0.1, -0.05) is 54.6 Å². The Morgan fingerprint density at radius 2 is 1.57 bits per heavy atom. The number of imidazole rings is 1. The molecule has 0 fully saturated rings. The lowest BCUT2D eigenvalue weighted by Crippen LogP contribution is -2.08. The number of nitrogens with one attached hydrogen (secondary N) is 1. The van der Waals surface area contributed by atoms with E-state index in [9.17, 15) is 4.79 Å². The topological polar surface area (TPSA) is 49.0 Å². The molecule has 0 radical (unpaired) electrons. The van der Waals surface area contributed by atoms with E-state index in [0.717, 1.165) is 22.3 Å². The summed E-state index contributed by atoms with van der Waals surface area (Å²) in [5, 5.41) is 0. The number of benzene rings is 3. The number of rotatable bonds is 5. The van der Waals surface area contributed by atoms with Gasteiger partial charge >= 0.3 is 0 Å². The van der Waals surface area contributed by atoms with Crippen LogP contribution in [0.25, 0.3) is 22.7 Å². The van der Waals surface area contributed by atoms with Gasteiger partial charge in [0.1, 0.15) is 5.82 Å². The lowest BCUT2D eigenvalue weighted by Gasteiger charge is -2.12. The molecule has 0 spiro atoms. The molecule has 0 aliphatic rings. The van der Waals surface area contributed by atoms with Gasteiger partial charge in [0.15, 0.2) is 5.78 Å². The molecular formula is C24H21N3O. The zero-order valence-electron chi connectivity index (χ0n) is 15.9. The van der Waals surface area contributed by atoms with Crippen molar-refractivity contribution in [2.75, 3.05) is 19.0 Å². The summed E-state index contributed by atoms with van der Waals surface area (Å²) in [7, 11) is 4.01. The molecule has 0 aliphatic carbocycles. The summed E-state index contributed by atoms with van der Waals surface area (Å²) in [6.45, 7) is 0. The van der Waals surface area contributed by atoms with E-state index >= 15 is 0 Å². The number of hydrogen-bond donors (Lipinski definition) is 1. The van der Waals surface area contributed by atoms with Gasteiger partial charge in [-0.15, -0.1) is 0 Å². The summed E-state index contributed by atoms with van der Waals surface area (Å²) < 4.78 is 0. The molecular weight excluding hydrogens is 346 g/mol. The van der Waals surface area contributed by atoms with Crippen LogP contribution in [0.1, 0.15) is 21.7 Å². The van der Waals surface area contributed by atoms with Gasteiger partial charge < -0.3 is 9.88 Å². The van der Waals surface area contributed by atoms with E-state index in [4.69, 9.17) is 0 Å². The number of nitrogens with zero attached hydrogens (tertiary/aromatic N) is 2. The average Bonchev–Trinajstić information content (AvgIpc) is 3.16. The summed E-state index contributed by atoms with van der Waals surface area (Å²) >= 11 is 0. The molecule has 1 aromatic heterocycles. The fourth-order valence-corrected chi connectivity index (χ4v) is 3.10. The third kappa shape index (κ3) is 3.58. The van der Waals surface area contributed by atoms with E-state index in [-0.39, 0.29) is 5.78 Å². The van der Waals surface area contributed by atoms with Crippen molar-refractivity contribution < 1.29 is 4.79 Å². The zero-order valence-corrected chi connectivity index (χ0v) is 15.9. The second-order valence-corrected chi connectivity index (χ2v) is 6.84. The largest absolute Gasteiger partial charge is 0.378 e. The molecule has 3 aromatic carbocycles. The first kappa shape index (κ1) is 17.7. The van der Waals surface area contributed by atoms with E-state index < -0.39 is 0 Å². The minimum absolute atomic E-state index is 0.0589. The molecule has 4 rings (SSSR count). The maximum absolute atomic E-state index is 13.3. The molecule has 4 nitrogen and oxygen atoms in total. The predicted octanol–water partition coefficient (Wildman–Crippen LogP) is 5.05. The van der Waals surface area contributed by atoms with E-state index in [2.05, 4.69) is 9.97 Å². The smallest absolute Gasteiger partial charge is 0.196 e. The lowest BCUT2D eigenvalue weighted by atomic mass is 10.0. The zero-order chi connectivity index (χ0) is 19.5. The molecule has 0 aliphatic heterocycles. The first-order valence-corrected chi connectivity index (χ1v) is 9.16. The molecule has 28 heavy (non-hydrogen) atoms.